The van der Waals surface area contributed by atoms with Crippen LogP contribution in [0.3, 0.4) is 0 Å². The lowest BCUT2D eigenvalue weighted by Gasteiger charge is -2.21. The molecule has 1 saturated carbocycles. The summed E-state index contributed by atoms with van der Waals surface area (Å²) in [4.78, 5) is 22.6. The fourth-order valence-electron chi connectivity index (χ4n) is 2.40. The minimum absolute atomic E-state index is 0.0396. The Morgan fingerprint density at radius 1 is 1.47 bits per heavy atom. The summed E-state index contributed by atoms with van der Waals surface area (Å²) in [5.41, 5.74) is 0.299. The maximum Gasteiger partial charge on any atom is 0.325 e. The summed E-state index contributed by atoms with van der Waals surface area (Å²) in [6, 6.07) is 0. The highest BCUT2D eigenvalue weighted by molar-refractivity contribution is 5.82. The minimum Gasteiger partial charge on any atom is -0.480 e. The van der Waals surface area contributed by atoms with Gasteiger partial charge in [-0.15, -0.1) is 5.10 Å². The number of amides is 1. The molecule has 19 heavy (non-hydrogen) atoms. The van der Waals surface area contributed by atoms with Crippen LogP contribution in [0.15, 0.2) is 6.20 Å². The van der Waals surface area contributed by atoms with Crippen molar-refractivity contribution in [3.05, 3.63) is 11.9 Å². The monoisotopic (exact) mass is 266 g/mol. The quantitative estimate of drug-likeness (QED) is 0.811. The molecule has 2 N–H and O–H groups in total. The lowest BCUT2D eigenvalue weighted by Crippen LogP contribution is -2.36. The van der Waals surface area contributed by atoms with Gasteiger partial charge in [0.15, 0.2) is 0 Å². The average molecular weight is 266 g/mol. The predicted octanol–water partition coefficient (Wildman–Crippen LogP) is 0.559. The highest BCUT2D eigenvalue weighted by atomic mass is 16.4. The first-order valence-electron chi connectivity index (χ1n) is 6.39. The van der Waals surface area contributed by atoms with Gasteiger partial charge in [0.1, 0.15) is 12.2 Å². The molecule has 0 spiro atoms. The van der Waals surface area contributed by atoms with Crippen LogP contribution in [0.1, 0.15) is 38.3 Å². The summed E-state index contributed by atoms with van der Waals surface area (Å²) < 4.78 is 1.24. The topological polar surface area (TPSA) is 97.1 Å². The number of carbonyl (C=O) groups is 2. The van der Waals surface area contributed by atoms with Crippen LogP contribution >= 0.6 is 0 Å². The van der Waals surface area contributed by atoms with E-state index in [4.69, 9.17) is 5.11 Å². The van der Waals surface area contributed by atoms with Gasteiger partial charge in [0, 0.05) is 5.41 Å². The molecule has 7 nitrogen and oxygen atoms in total. The van der Waals surface area contributed by atoms with E-state index in [2.05, 4.69) is 15.6 Å². The Kier molecular flexibility index (Phi) is 3.82. The van der Waals surface area contributed by atoms with E-state index < -0.39 is 5.97 Å². The van der Waals surface area contributed by atoms with Gasteiger partial charge in [-0.25, -0.2) is 4.68 Å². The molecule has 2 rings (SSSR count). The van der Waals surface area contributed by atoms with Crippen LogP contribution in [0.25, 0.3) is 0 Å². The number of aliphatic carboxylic acids is 1. The van der Waals surface area contributed by atoms with Crippen molar-refractivity contribution in [3.8, 4) is 0 Å². The molecule has 0 radical (unpaired) electrons. The Hall–Kier alpha value is -1.92. The number of rotatable bonds is 5. The largest absolute Gasteiger partial charge is 0.480 e. The van der Waals surface area contributed by atoms with Crippen molar-refractivity contribution in [2.24, 2.45) is 5.41 Å². The van der Waals surface area contributed by atoms with Crippen LogP contribution in [0.5, 0.6) is 0 Å². The number of carboxylic acid groups (broad SMARTS) is 1. The molecule has 1 aliphatic carbocycles. The molecule has 1 aliphatic rings. The summed E-state index contributed by atoms with van der Waals surface area (Å²) >= 11 is 0. The molecule has 0 saturated heterocycles. The lowest BCUT2D eigenvalue weighted by atomic mass is 9.88. The molecule has 1 fully saturated rings. The van der Waals surface area contributed by atoms with E-state index in [1.165, 1.54) is 10.9 Å². The van der Waals surface area contributed by atoms with Gasteiger partial charge in [-0.1, -0.05) is 25.0 Å². The van der Waals surface area contributed by atoms with Gasteiger partial charge in [0.25, 0.3) is 0 Å². The summed E-state index contributed by atoms with van der Waals surface area (Å²) in [6.07, 6.45) is 5.57. The molecule has 0 aromatic carbocycles. The van der Waals surface area contributed by atoms with Gasteiger partial charge in [0.05, 0.1) is 12.7 Å². The molecule has 0 aliphatic heterocycles. The van der Waals surface area contributed by atoms with Gasteiger partial charge in [-0.05, 0) is 12.8 Å². The molecule has 1 aromatic heterocycles. The highest BCUT2D eigenvalue weighted by Crippen LogP contribution is 2.37. The van der Waals surface area contributed by atoms with Gasteiger partial charge in [-0.3, -0.25) is 9.59 Å². The van der Waals surface area contributed by atoms with Crippen molar-refractivity contribution in [2.75, 3.05) is 0 Å². The van der Waals surface area contributed by atoms with Gasteiger partial charge < -0.3 is 10.4 Å². The first-order valence-corrected chi connectivity index (χ1v) is 6.39. The maximum atomic E-state index is 12.1. The number of nitrogens with zero attached hydrogens (tertiary/aromatic N) is 3. The normalized spacial score (nSPS) is 17.3. The highest BCUT2D eigenvalue weighted by Gasteiger charge is 2.35. The number of aromatic nitrogens is 3. The molecular weight excluding hydrogens is 248 g/mol. The fraction of sp³-hybridized carbons (Fsp3) is 0.667. The van der Waals surface area contributed by atoms with Crippen molar-refractivity contribution in [1.82, 2.24) is 20.3 Å². The SMILES string of the molecule is CC1(C(=O)NCc2cn(CC(=O)O)nn2)CCCC1. The third-order valence-corrected chi connectivity index (χ3v) is 3.57. The standard InChI is InChI=1S/C12H18N4O3/c1-12(4-2-3-5-12)11(19)13-6-9-7-16(15-14-9)8-10(17)18/h7H,2-6,8H2,1H3,(H,13,19)(H,17,18). The van der Waals surface area contributed by atoms with E-state index in [1.54, 1.807) is 0 Å². The second-order valence-corrected chi connectivity index (χ2v) is 5.25. The Bertz CT molecular complexity index is 477. The van der Waals surface area contributed by atoms with Crippen LogP contribution in [0, 0.1) is 5.41 Å². The van der Waals surface area contributed by atoms with E-state index in [0.717, 1.165) is 25.7 Å². The number of hydrogen-bond acceptors (Lipinski definition) is 4. The van der Waals surface area contributed by atoms with Gasteiger partial charge >= 0.3 is 5.97 Å². The Morgan fingerprint density at radius 3 is 2.79 bits per heavy atom. The second kappa shape index (κ2) is 5.38. The zero-order chi connectivity index (χ0) is 13.9. The van der Waals surface area contributed by atoms with Crippen LogP contribution < -0.4 is 5.32 Å². The average Bonchev–Trinajstić information content (AvgIpc) is 2.95. The molecular formula is C12H18N4O3. The molecule has 0 bridgehead atoms. The second-order valence-electron chi connectivity index (χ2n) is 5.25. The fourth-order valence-corrected chi connectivity index (χ4v) is 2.40. The van der Waals surface area contributed by atoms with Crippen LogP contribution in [0.2, 0.25) is 0 Å². The summed E-state index contributed by atoms with van der Waals surface area (Å²) in [5, 5.41) is 19.0. The number of nitrogens with one attached hydrogen (secondary N) is 1. The molecule has 1 aromatic rings. The van der Waals surface area contributed by atoms with Crippen molar-refractivity contribution < 1.29 is 14.7 Å². The lowest BCUT2D eigenvalue weighted by molar-refractivity contribution is -0.138. The Balaban J connectivity index is 1.86. The number of carboxylic acids is 1. The third-order valence-electron chi connectivity index (χ3n) is 3.57. The van der Waals surface area contributed by atoms with E-state index in [9.17, 15) is 9.59 Å². The Morgan fingerprint density at radius 2 is 2.16 bits per heavy atom. The first-order chi connectivity index (χ1) is 8.99. The molecule has 0 unspecified atom stereocenters. The zero-order valence-electron chi connectivity index (χ0n) is 10.9. The van der Waals surface area contributed by atoms with E-state index in [1.807, 2.05) is 6.92 Å². The smallest absolute Gasteiger partial charge is 0.325 e. The summed E-state index contributed by atoms with van der Waals surface area (Å²) in [6.45, 7) is 2.04. The Labute approximate surface area is 111 Å². The third kappa shape index (κ3) is 3.30. The van der Waals surface area contributed by atoms with E-state index in [-0.39, 0.29) is 24.4 Å². The predicted molar refractivity (Wildman–Crippen MR) is 66.1 cm³/mol. The maximum absolute atomic E-state index is 12.1. The first kappa shape index (κ1) is 13.5. The molecule has 0 atom stereocenters. The number of carbonyl (C=O) groups excluding carboxylic acids is 1. The van der Waals surface area contributed by atoms with Gasteiger partial charge in [-0.2, -0.15) is 0 Å². The molecule has 104 valence electrons. The van der Waals surface area contributed by atoms with Crippen LogP contribution in [-0.4, -0.2) is 32.0 Å². The van der Waals surface area contributed by atoms with Crippen molar-refractivity contribution in [1.29, 1.82) is 0 Å². The molecule has 7 heteroatoms. The molecule has 1 heterocycles. The minimum atomic E-state index is -0.973. The van der Waals surface area contributed by atoms with Gasteiger partial charge in [0.2, 0.25) is 5.91 Å². The van der Waals surface area contributed by atoms with Crippen molar-refractivity contribution in [2.45, 2.75) is 45.7 Å². The van der Waals surface area contributed by atoms with Crippen LogP contribution in [0.4, 0.5) is 0 Å². The van der Waals surface area contributed by atoms with Crippen molar-refractivity contribution >= 4 is 11.9 Å². The summed E-state index contributed by atoms with van der Waals surface area (Å²) in [7, 11) is 0. The van der Waals surface area contributed by atoms with E-state index >= 15 is 0 Å². The molecule has 1 amide bonds. The zero-order valence-corrected chi connectivity index (χ0v) is 10.9. The van der Waals surface area contributed by atoms with Crippen LogP contribution in [-0.2, 0) is 22.7 Å². The number of hydrogen-bond donors (Lipinski definition) is 2. The van der Waals surface area contributed by atoms with Crippen molar-refractivity contribution in [3.63, 3.8) is 0 Å². The van der Waals surface area contributed by atoms with E-state index in [0.29, 0.717) is 5.69 Å². The summed E-state index contributed by atoms with van der Waals surface area (Å²) in [5.74, 6) is -0.934.